The molecule has 128 valence electrons. The number of hydrogen-bond donors (Lipinski definition) is 2. The molecule has 3 rings (SSSR count). The van der Waals surface area contributed by atoms with Crippen molar-refractivity contribution < 1.29 is 21.6 Å². The van der Waals surface area contributed by atoms with E-state index in [1.807, 2.05) is 0 Å². The van der Waals surface area contributed by atoms with Gasteiger partial charge < -0.3 is 4.98 Å². The largest absolute Gasteiger partial charge is 0.449 e. The first-order chi connectivity index (χ1) is 11.1. The van der Waals surface area contributed by atoms with Gasteiger partial charge in [0.2, 0.25) is 5.82 Å². The summed E-state index contributed by atoms with van der Waals surface area (Å²) < 4.78 is 64.9. The smallest absolute Gasteiger partial charge is 0.334 e. The normalized spacial score (nSPS) is 12.7. The van der Waals surface area contributed by atoms with Gasteiger partial charge in [-0.15, -0.1) is 11.3 Å². The number of sulfonamides is 1. The van der Waals surface area contributed by atoms with E-state index in [0.717, 1.165) is 11.3 Å². The van der Waals surface area contributed by atoms with Crippen LogP contribution < -0.4 is 4.72 Å². The summed E-state index contributed by atoms with van der Waals surface area (Å²) in [4.78, 5) is 5.29. The van der Waals surface area contributed by atoms with Crippen LogP contribution in [0.2, 0.25) is 8.67 Å². The molecule has 12 heteroatoms. The van der Waals surface area contributed by atoms with E-state index in [9.17, 15) is 21.6 Å². The second-order valence-electron chi connectivity index (χ2n) is 4.61. The van der Waals surface area contributed by atoms with E-state index in [-0.39, 0.29) is 30.3 Å². The lowest BCUT2D eigenvalue weighted by Crippen LogP contribution is -2.12. The lowest BCUT2D eigenvalue weighted by atomic mass is 10.3. The second-order valence-corrected chi connectivity index (χ2v) is 8.55. The summed E-state index contributed by atoms with van der Waals surface area (Å²) in [7, 11) is -4.03. The summed E-state index contributed by atoms with van der Waals surface area (Å²) in [5.74, 6) is -1.16. The topological polar surface area (TPSA) is 74.8 Å². The molecule has 0 spiro atoms. The fourth-order valence-electron chi connectivity index (χ4n) is 1.93. The maximum Gasteiger partial charge on any atom is 0.449 e. The Morgan fingerprint density at radius 1 is 1.21 bits per heavy atom. The highest BCUT2D eigenvalue weighted by atomic mass is 35.5. The number of hydrogen-bond acceptors (Lipinski definition) is 4. The Hall–Kier alpha value is -1.49. The molecule has 5 nitrogen and oxygen atoms in total. The highest BCUT2D eigenvalue weighted by Gasteiger charge is 2.34. The lowest BCUT2D eigenvalue weighted by molar-refractivity contribution is -0.144. The molecule has 0 aliphatic heterocycles. The maximum absolute atomic E-state index is 12.6. The molecule has 0 unspecified atom stereocenters. The van der Waals surface area contributed by atoms with Crippen molar-refractivity contribution in [2.75, 3.05) is 4.72 Å². The Labute approximate surface area is 147 Å². The predicted octanol–water partition coefficient (Wildman–Crippen LogP) is 4.75. The zero-order valence-corrected chi connectivity index (χ0v) is 14.4. The van der Waals surface area contributed by atoms with E-state index < -0.39 is 22.0 Å². The van der Waals surface area contributed by atoms with Crippen molar-refractivity contribution in [2.45, 2.75) is 11.1 Å². The third-order valence-electron chi connectivity index (χ3n) is 2.92. The van der Waals surface area contributed by atoms with Crippen LogP contribution in [-0.4, -0.2) is 18.4 Å². The summed E-state index contributed by atoms with van der Waals surface area (Å²) in [5, 5.41) is 0. The molecule has 0 saturated heterocycles. The standard InChI is InChI=1S/C12H6Cl2F3N3O2S2/c13-9-4-8(10(14)23-9)24(21,22)20-5-1-2-6-7(3-5)19-11(18-6)12(15,16)17/h1-4,20H,(H,18,19). The number of H-pyrrole nitrogens is 1. The van der Waals surface area contributed by atoms with Gasteiger partial charge in [0.05, 0.1) is 21.1 Å². The Bertz CT molecular complexity index is 1030. The van der Waals surface area contributed by atoms with Crippen molar-refractivity contribution in [1.82, 2.24) is 9.97 Å². The van der Waals surface area contributed by atoms with E-state index in [1.165, 1.54) is 24.3 Å². The van der Waals surface area contributed by atoms with Crippen LogP contribution in [0.3, 0.4) is 0 Å². The molecule has 0 radical (unpaired) electrons. The summed E-state index contributed by atoms with van der Waals surface area (Å²) >= 11 is 12.4. The summed E-state index contributed by atoms with van der Waals surface area (Å²) in [6.07, 6.45) is -4.63. The van der Waals surface area contributed by atoms with Crippen molar-refractivity contribution in [3.63, 3.8) is 0 Å². The Kier molecular flexibility index (Phi) is 4.19. The van der Waals surface area contributed by atoms with E-state index in [2.05, 4.69) is 14.7 Å². The molecule has 0 aliphatic carbocycles. The number of rotatable bonds is 3. The van der Waals surface area contributed by atoms with Gasteiger partial charge in [-0.2, -0.15) is 13.2 Å². The highest BCUT2D eigenvalue weighted by Crippen LogP contribution is 2.35. The highest BCUT2D eigenvalue weighted by molar-refractivity contribution is 7.93. The van der Waals surface area contributed by atoms with Gasteiger partial charge in [-0.1, -0.05) is 23.2 Å². The van der Waals surface area contributed by atoms with Gasteiger partial charge in [0.15, 0.2) is 0 Å². The molecule has 1 aromatic carbocycles. The number of fused-ring (bicyclic) bond motifs is 1. The molecular formula is C12H6Cl2F3N3O2S2. The summed E-state index contributed by atoms with van der Waals surface area (Å²) in [6, 6.07) is 4.95. The minimum atomic E-state index is -4.63. The Morgan fingerprint density at radius 2 is 1.92 bits per heavy atom. The minimum absolute atomic E-state index is 0.0190. The van der Waals surface area contributed by atoms with Gasteiger partial charge in [-0.25, -0.2) is 13.4 Å². The molecular weight excluding hydrogens is 410 g/mol. The second kappa shape index (κ2) is 5.80. The molecule has 0 amide bonds. The number of aromatic nitrogens is 2. The van der Waals surface area contributed by atoms with Crippen molar-refractivity contribution in [2.24, 2.45) is 0 Å². The van der Waals surface area contributed by atoms with Crippen LogP contribution >= 0.6 is 34.5 Å². The SMILES string of the molecule is O=S(=O)(Nc1ccc2nc(C(F)(F)F)[nH]c2c1)c1cc(Cl)sc1Cl. The number of benzene rings is 1. The van der Waals surface area contributed by atoms with Crippen molar-refractivity contribution in [3.8, 4) is 0 Å². The first-order valence-electron chi connectivity index (χ1n) is 6.11. The Balaban J connectivity index is 1.97. The number of imidazole rings is 1. The molecule has 24 heavy (non-hydrogen) atoms. The number of thiophene rings is 1. The van der Waals surface area contributed by atoms with Gasteiger partial charge in [0, 0.05) is 0 Å². The predicted molar refractivity (Wildman–Crippen MR) is 86.2 cm³/mol. The zero-order chi connectivity index (χ0) is 17.7. The third kappa shape index (κ3) is 3.32. The van der Waals surface area contributed by atoms with Crippen molar-refractivity contribution in [1.29, 1.82) is 0 Å². The maximum atomic E-state index is 12.6. The van der Waals surface area contributed by atoms with Gasteiger partial charge >= 0.3 is 6.18 Å². The van der Waals surface area contributed by atoms with Crippen molar-refractivity contribution >= 4 is 61.3 Å². The summed E-state index contributed by atoms with van der Waals surface area (Å²) in [6.45, 7) is 0. The van der Waals surface area contributed by atoms with E-state index in [1.54, 1.807) is 0 Å². The number of nitrogens with zero attached hydrogens (tertiary/aromatic N) is 1. The molecule has 3 aromatic rings. The summed E-state index contributed by atoms with van der Waals surface area (Å²) in [5.41, 5.74) is 0.150. The lowest BCUT2D eigenvalue weighted by Gasteiger charge is -2.06. The number of aromatic amines is 1. The third-order valence-corrected chi connectivity index (χ3v) is 6.05. The molecule has 0 fully saturated rings. The van der Waals surface area contributed by atoms with Crippen LogP contribution in [0.1, 0.15) is 5.82 Å². The van der Waals surface area contributed by atoms with Crippen LogP contribution in [-0.2, 0) is 16.2 Å². The first kappa shape index (κ1) is 17.3. The molecule has 2 aromatic heterocycles. The van der Waals surface area contributed by atoms with E-state index in [4.69, 9.17) is 23.2 Å². The quantitative estimate of drug-likeness (QED) is 0.647. The van der Waals surface area contributed by atoms with E-state index >= 15 is 0 Å². The van der Waals surface area contributed by atoms with Gasteiger partial charge in [-0.3, -0.25) is 4.72 Å². The molecule has 0 bridgehead atoms. The van der Waals surface area contributed by atoms with Crippen LogP contribution in [0.4, 0.5) is 18.9 Å². The molecule has 2 heterocycles. The number of alkyl halides is 3. The molecule has 0 saturated carbocycles. The van der Waals surface area contributed by atoms with Gasteiger partial charge in [0.25, 0.3) is 10.0 Å². The molecule has 0 aliphatic rings. The van der Waals surface area contributed by atoms with Crippen LogP contribution in [0, 0.1) is 0 Å². The first-order valence-corrected chi connectivity index (χ1v) is 9.16. The number of halogens is 5. The molecule has 2 N–H and O–H groups in total. The average Bonchev–Trinajstić information content (AvgIpc) is 3.00. The monoisotopic (exact) mass is 415 g/mol. The van der Waals surface area contributed by atoms with Crippen LogP contribution in [0.25, 0.3) is 11.0 Å². The molecule has 0 atom stereocenters. The van der Waals surface area contributed by atoms with Gasteiger partial charge in [-0.05, 0) is 24.3 Å². The number of nitrogens with one attached hydrogen (secondary N) is 2. The fraction of sp³-hybridized carbons (Fsp3) is 0.0833. The zero-order valence-electron chi connectivity index (χ0n) is 11.3. The van der Waals surface area contributed by atoms with Crippen molar-refractivity contribution in [3.05, 3.63) is 38.8 Å². The van der Waals surface area contributed by atoms with E-state index in [0.29, 0.717) is 0 Å². The van der Waals surface area contributed by atoms with Gasteiger partial charge in [0.1, 0.15) is 9.23 Å². The Morgan fingerprint density at radius 3 is 2.50 bits per heavy atom. The van der Waals surface area contributed by atoms with Crippen LogP contribution in [0.15, 0.2) is 29.2 Å². The fourth-order valence-corrected chi connectivity index (χ4v) is 5.13. The van der Waals surface area contributed by atoms with Crippen LogP contribution in [0.5, 0.6) is 0 Å². The average molecular weight is 416 g/mol. The number of anilines is 1. The minimum Gasteiger partial charge on any atom is -0.334 e.